The molecule has 0 atom stereocenters. The Balaban J connectivity index is 1.83. The lowest BCUT2D eigenvalue weighted by Gasteiger charge is -2.11. The summed E-state index contributed by atoms with van der Waals surface area (Å²) in [6.07, 6.45) is 3.04. The zero-order chi connectivity index (χ0) is 17.1. The molecule has 2 heterocycles. The Kier molecular flexibility index (Phi) is 4.24. The quantitative estimate of drug-likeness (QED) is 0.761. The van der Waals surface area contributed by atoms with Gasteiger partial charge in [0.05, 0.1) is 5.69 Å². The molecule has 1 amide bonds. The number of pyridine rings is 1. The predicted octanol–water partition coefficient (Wildman–Crippen LogP) is 1.50. The van der Waals surface area contributed by atoms with E-state index in [2.05, 4.69) is 20.4 Å². The fourth-order valence-electron chi connectivity index (χ4n) is 2.62. The topological polar surface area (TPSA) is 92.7 Å². The van der Waals surface area contributed by atoms with E-state index in [1.807, 2.05) is 24.3 Å². The molecule has 0 fully saturated rings. The van der Waals surface area contributed by atoms with Gasteiger partial charge in [0.1, 0.15) is 18.2 Å². The van der Waals surface area contributed by atoms with Gasteiger partial charge in [-0.25, -0.2) is 9.67 Å². The molecule has 0 saturated heterocycles. The molecule has 0 radical (unpaired) electrons. The molecule has 0 aliphatic rings. The lowest BCUT2D eigenvalue weighted by Crippen LogP contribution is -2.31. The minimum atomic E-state index is -0.401. The minimum Gasteiger partial charge on any atom is -0.348 e. The SMILES string of the molecule is Cc1cc(C)c(C(=O)NCc2ccccc2-n2cncn2)c(=O)[nH]1. The second-order valence-electron chi connectivity index (χ2n) is 5.49. The van der Waals surface area contributed by atoms with E-state index >= 15 is 0 Å². The summed E-state index contributed by atoms with van der Waals surface area (Å²) in [4.78, 5) is 31.0. The van der Waals surface area contributed by atoms with Crippen LogP contribution in [0.4, 0.5) is 0 Å². The van der Waals surface area contributed by atoms with Crippen LogP contribution >= 0.6 is 0 Å². The van der Waals surface area contributed by atoms with Crippen LogP contribution in [0.5, 0.6) is 0 Å². The van der Waals surface area contributed by atoms with Gasteiger partial charge in [-0.05, 0) is 37.1 Å². The van der Waals surface area contributed by atoms with Crippen LogP contribution in [0.15, 0.2) is 47.8 Å². The molecule has 1 aromatic carbocycles. The summed E-state index contributed by atoms with van der Waals surface area (Å²) < 4.78 is 1.63. The molecule has 0 bridgehead atoms. The molecular formula is C17H17N5O2. The monoisotopic (exact) mass is 323 g/mol. The fraction of sp³-hybridized carbons (Fsp3) is 0.176. The van der Waals surface area contributed by atoms with Gasteiger partial charge in [-0.3, -0.25) is 9.59 Å². The van der Waals surface area contributed by atoms with Crippen LogP contribution in [0.25, 0.3) is 5.69 Å². The van der Waals surface area contributed by atoms with Crippen molar-refractivity contribution in [1.82, 2.24) is 25.1 Å². The maximum Gasteiger partial charge on any atom is 0.261 e. The van der Waals surface area contributed by atoms with Crippen molar-refractivity contribution in [1.29, 1.82) is 0 Å². The van der Waals surface area contributed by atoms with E-state index in [9.17, 15) is 9.59 Å². The average Bonchev–Trinajstić information content (AvgIpc) is 3.06. The van der Waals surface area contributed by atoms with Crippen LogP contribution in [0, 0.1) is 13.8 Å². The summed E-state index contributed by atoms with van der Waals surface area (Å²) in [7, 11) is 0. The number of benzene rings is 1. The molecule has 0 aliphatic heterocycles. The van der Waals surface area contributed by atoms with E-state index in [0.717, 1.165) is 16.9 Å². The van der Waals surface area contributed by atoms with Crippen LogP contribution in [-0.2, 0) is 6.54 Å². The highest BCUT2D eigenvalue weighted by molar-refractivity contribution is 5.95. The number of aryl methyl sites for hydroxylation is 2. The van der Waals surface area contributed by atoms with Crippen molar-refractivity contribution in [2.45, 2.75) is 20.4 Å². The minimum absolute atomic E-state index is 0.138. The van der Waals surface area contributed by atoms with Gasteiger partial charge in [-0.1, -0.05) is 18.2 Å². The summed E-state index contributed by atoms with van der Waals surface area (Å²) in [5.41, 5.74) is 2.83. The number of amides is 1. The van der Waals surface area contributed by atoms with Gasteiger partial charge in [0, 0.05) is 12.2 Å². The van der Waals surface area contributed by atoms with E-state index in [1.165, 1.54) is 6.33 Å². The molecule has 3 aromatic rings. The summed E-state index contributed by atoms with van der Waals surface area (Å²) in [6, 6.07) is 9.33. The van der Waals surface area contributed by atoms with Crippen LogP contribution in [-0.4, -0.2) is 25.7 Å². The molecular weight excluding hydrogens is 306 g/mol. The normalized spacial score (nSPS) is 10.6. The second kappa shape index (κ2) is 6.49. The maximum absolute atomic E-state index is 12.4. The number of para-hydroxylation sites is 1. The van der Waals surface area contributed by atoms with E-state index in [-0.39, 0.29) is 17.7 Å². The molecule has 0 spiro atoms. The number of nitrogens with zero attached hydrogens (tertiary/aromatic N) is 3. The smallest absolute Gasteiger partial charge is 0.261 e. The van der Waals surface area contributed by atoms with Gasteiger partial charge < -0.3 is 10.3 Å². The van der Waals surface area contributed by atoms with Crippen molar-refractivity contribution in [2.75, 3.05) is 0 Å². The van der Waals surface area contributed by atoms with Gasteiger partial charge in [-0.2, -0.15) is 5.10 Å². The first-order valence-corrected chi connectivity index (χ1v) is 7.48. The van der Waals surface area contributed by atoms with Gasteiger partial charge in [0.25, 0.3) is 11.5 Å². The number of nitrogens with one attached hydrogen (secondary N) is 2. The molecule has 122 valence electrons. The number of aromatic nitrogens is 4. The molecule has 2 N–H and O–H groups in total. The van der Waals surface area contributed by atoms with Crippen molar-refractivity contribution in [3.8, 4) is 5.69 Å². The van der Waals surface area contributed by atoms with Gasteiger partial charge in [-0.15, -0.1) is 0 Å². The fourth-order valence-corrected chi connectivity index (χ4v) is 2.62. The van der Waals surface area contributed by atoms with Gasteiger partial charge in [0.2, 0.25) is 0 Å². The Morgan fingerprint density at radius 3 is 2.79 bits per heavy atom. The number of hydrogen-bond acceptors (Lipinski definition) is 4. The maximum atomic E-state index is 12.4. The first-order valence-electron chi connectivity index (χ1n) is 7.48. The van der Waals surface area contributed by atoms with Gasteiger partial charge >= 0.3 is 0 Å². The summed E-state index contributed by atoms with van der Waals surface area (Å²) >= 11 is 0. The van der Waals surface area contributed by atoms with E-state index in [4.69, 9.17) is 0 Å². The third-order valence-electron chi connectivity index (χ3n) is 3.69. The highest BCUT2D eigenvalue weighted by Gasteiger charge is 2.15. The molecule has 0 saturated carbocycles. The number of rotatable bonds is 4. The Bertz CT molecular complexity index is 928. The first-order chi connectivity index (χ1) is 11.6. The Morgan fingerprint density at radius 1 is 1.29 bits per heavy atom. The van der Waals surface area contributed by atoms with Crippen molar-refractivity contribution < 1.29 is 4.79 Å². The Labute approximate surface area is 138 Å². The highest BCUT2D eigenvalue weighted by Crippen LogP contribution is 2.13. The largest absolute Gasteiger partial charge is 0.348 e. The summed E-state index contributed by atoms with van der Waals surface area (Å²) in [5, 5.41) is 6.91. The van der Waals surface area contributed by atoms with Crippen LogP contribution in [0.2, 0.25) is 0 Å². The molecule has 24 heavy (non-hydrogen) atoms. The van der Waals surface area contributed by atoms with E-state index in [1.54, 1.807) is 30.9 Å². The van der Waals surface area contributed by atoms with Crippen molar-refractivity contribution in [3.05, 3.63) is 75.7 Å². The Hall–Kier alpha value is -3.22. The zero-order valence-corrected chi connectivity index (χ0v) is 13.4. The predicted molar refractivity (Wildman–Crippen MR) is 89.1 cm³/mol. The molecule has 0 aliphatic carbocycles. The molecule has 7 heteroatoms. The average molecular weight is 323 g/mol. The molecule has 7 nitrogen and oxygen atoms in total. The highest BCUT2D eigenvalue weighted by atomic mass is 16.2. The molecule has 3 rings (SSSR count). The van der Waals surface area contributed by atoms with Crippen molar-refractivity contribution in [3.63, 3.8) is 0 Å². The third-order valence-corrected chi connectivity index (χ3v) is 3.69. The third kappa shape index (κ3) is 3.10. The van der Waals surface area contributed by atoms with Crippen molar-refractivity contribution >= 4 is 5.91 Å². The van der Waals surface area contributed by atoms with Crippen LogP contribution in [0.1, 0.15) is 27.2 Å². The standard InChI is InChI=1S/C17H17N5O2/c1-11-7-12(2)21-17(24)15(11)16(23)19-8-13-5-3-4-6-14(13)22-10-18-9-20-22/h3-7,9-10H,8H2,1-2H3,(H,19,23)(H,21,24). The lowest BCUT2D eigenvalue weighted by molar-refractivity contribution is 0.0948. The molecule has 2 aromatic heterocycles. The Morgan fingerprint density at radius 2 is 2.08 bits per heavy atom. The van der Waals surface area contributed by atoms with Crippen LogP contribution < -0.4 is 10.9 Å². The number of aromatic amines is 1. The second-order valence-corrected chi connectivity index (χ2v) is 5.49. The van der Waals surface area contributed by atoms with Crippen molar-refractivity contribution in [2.24, 2.45) is 0 Å². The zero-order valence-electron chi connectivity index (χ0n) is 13.4. The van der Waals surface area contributed by atoms with E-state index in [0.29, 0.717) is 5.56 Å². The lowest BCUT2D eigenvalue weighted by atomic mass is 10.1. The van der Waals surface area contributed by atoms with Crippen LogP contribution in [0.3, 0.4) is 0 Å². The van der Waals surface area contributed by atoms with E-state index < -0.39 is 5.91 Å². The van der Waals surface area contributed by atoms with Gasteiger partial charge in [0.15, 0.2) is 0 Å². The number of carbonyl (C=O) groups is 1. The first kappa shape index (κ1) is 15.7. The number of hydrogen-bond donors (Lipinski definition) is 2. The summed E-state index contributed by atoms with van der Waals surface area (Å²) in [6.45, 7) is 3.81. The number of carbonyl (C=O) groups excluding carboxylic acids is 1. The summed E-state index contributed by atoms with van der Waals surface area (Å²) in [5.74, 6) is -0.401. The number of H-pyrrole nitrogens is 1. The molecule has 0 unspecified atom stereocenters.